The Balaban J connectivity index is 1.67. The van der Waals surface area contributed by atoms with E-state index in [0.717, 1.165) is 11.8 Å². The van der Waals surface area contributed by atoms with Gasteiger partial charge in [-0.25, -0.2) is 0 Å². The maximum Gasteiger partial charge on any atom is 0.314 e. The largest absolute Gasteiger partial charge is 0.481 e. The van der Waals surface area contributed by atoms with Gasteiger partial charge in [0.05, 0.1) is 10.3 Å². The average Bonchev–Trinajstić information content (AvgIpc) is 3.11. The summed E-state index contributed by atoms with van der Waals surface area (Å²) in [6, 6.07) is 9.05. The van der Waals surface area contributed by atoms with E-state index in [9.17, 15) is 24.8 Å². The molecule has 3 rings (SSSR count). The number of aromatic nitrogens is 2. The van der Waals surface area contributed by atoms with Gasteiger partial charge in [0.2, 0.25) is 5.91 Å². The first-order chi connectivity index (χ1) is 12.4. The van der Waals surface area contributed by atoms with E-state index in [1.165, 1.54) is 10.9 Å². The Morgan fingerprint density at radius 2 is 1.88 bits per heavy atom. The van der Waals surface area contributed by atoms with E-state index in [-0.39, 0.29) is 18.1 Å². The third-order valence-corrected chi connectivity index (χ3v) is 4.83. The number of nitro groups is 1. The van der Waals surface area contributed by atoms with Crippen LogP contribution in [0.1, 0.15) is 18.4 Å². The smallest absolute Gasteiger partial charge is 0.314 e. The van der Waals surface area contributed by atoms with Crippen molar-refractivity contribution in [3.63, 3.8) is 0 Å². The van der Waals surface area contributed by atoms with Crippen molar-refractivity contribution in [2.45, 2.75) is 24.8 Å². The summed E-state index contributed by atoms with van der Waals surface area (Å²) in [7, 11) is 0. The van der Waals surface area contributed by atoms with Gasteiger partial charge in [-0.2, -0.15) is 5.10 Å². The molecule has 0 spiro atoms. The van der Waals surface area contributed by atoms with Crippen LogP contribution in [-0.4, -0.2) is 49.7 Å². The Bertz CT molecular complexity index is 825. The molecule has 0 unspecified atom stereocenters. The van der Waals surface area contributed by atoms with Crippen LogP contribution in [0.4, 0.5) is 5.69 Å². The molecular formula is C17H18N4O5. The maximum absolute atomic E-state index is 12.4. The number of aliphatic carboxylic acids is 1. The molecule has 1 aromatic heterocycles. The summed E-state index contributed by atoms with van der Waals surface area (Å²) >= 11 is 0. The Hall–Kier alpha value is -3.23. The van der Waals surface area contributed by atoms with Gasteiger partial charge in [-0.15, -0.1) is 0 Å². The van der Waals surface area contributed by atoms with E-state index in [1.807, 2.05) is 18.2 Å². The Labute approximate surface area is 149 Å². The zero-order chi connectivity index (χ0) is 18.7. The van der Waals surface area contributed by atoms with Gasteiger partial charge in [0.15, 0.2) is 0 Å². The molecule has 2 heterocycles. The lowest BCUT2D eigenvalue weighted by Crippen LogP contribution is -2.49. The molecule has 2 aromatic rings. The number of amides is 1. The number of benzene rings is 1. The molecule has 0 saturated carbocycles. The van der Waals surface area contributed by atoms with Crippen LogP contribution < -0.4 is 0 Å². The fraction of sp³-hybridized carbons (Fsp3) is 0.353. The number of nitrogens with zero attached hydrogens (tertiary/aromatic N) is 4. The highest BCUT2D eigenvalue weighted by atomic mass is 16.6. The highest BCUT2D eigenvalue weighted by Gasteiger charge is 2.43. The van der Waals surface area contributed by atoms with Crippen LogP contribution in [0.3, 0.4) is 0 Å². The van der Waals surface area contributed by atoms with Crippen LogP contribution in [0.25, 0.3) is 0 Å². The van der Waals surface area contributed by atoms with E-state index in [1.54, 1.807) is 17.0 Å². The molecule has 1 amide bonds. The summed E-state index contributed by atoms with van der Waals surface area (Å²) < 4.78 is 1.22. The van der Waals surface area contributed by atoms with Crippen LogP contribution in [0.5, 0.6) is 0 Å². The summed E-state index contributed by atoms with van der Waals surface area (Å²) in [5.41, 5.74) is -0.435. The Kier molecular flexibility index (Phi) is 4.70. The van der Waals surface area contributed by atoms with Gasteiger partial charge in [0.1, 0.15) is 18.9 Å². The van der Waals surface area contributed by atoms with Crippen molar-refractivity contribution in [2.24, 2.45) is 0 Å². The van der Waals surface area contributed by atoms with Crippen LogP contribution in [0, 0.1) is 10.1 Å². The van der Waals surface area contributed by atoms with Crippen molar-refractivity contribution < 1.29 is 19.6 Å². The minimum absolute atomic E-state index is 0.112. The summed E-state index contributed by atoms with van der Waals surface area (Å²) in [6.45, 7) is 0.506. The standard InChI is InChI=1S/C17H18N4O5/c22-15(12-20-11-14(10-18-20)21(25)26)19-8-6-17(7-9-19,16(23)24)13-4-2-1-3-5-13/h1-5,10-11H,6-9,12H2,(H,23,24). The van der Waals surface area contributed by atoms with Crippen molar-refractivity contribution in [1.82, 2.24) is 14.7 Å². The van der Waals surface area contributed by atoms with E-state index in [4.69, 9.17) is 0 Å². The third-order valence-electron chi connectivity index (χ3n) is 4.83. The first-order valence-corrected chi connectivity index (χ1v) is 8.16. The zero-order valence-corrected chi connectivity index (χ0v) is 13.9. The lowest BCUT2D eigenvalue weighted by molar-refractivity contribution is -0.385. The van der Waals surface area contributed by atoms with Crippen LogP contribution in [-0.2, 0) is 21.5 Å². The van der Waals surface area contributed by atoms with Gasteiger partial charge in [-0.3, -0.25) is 24.4 Å². The predicted molar refractivity (Wildman–Crippen MR) is 90.5 cm³/mol. The summed E-state index contributed by atoms with van der Waals surface area (Å²) in [6.07, 6.45) is 2.93. The number of hydrogen-bond acceptors (Lipinski definition) is 5. The third kappa shape index (κ3) is 3.28. The molecule has 1 N–H and O–H groups in total. The van der Waals surface area contributed by atoms with Crippen molar-refractivity contribution in [3.8, 4) is 0 Å². The number of piperidine rings is 1. The number of likely N-dealkylation sites (tertiary alicyclic amines) is 1. The Morgan fingerprint density at radius 3 is 2.42 bits per heavy atom. The first-order valence-electron chi connectivity index (χ1n) is 8.16. The van der Waals surface area contributed by atoms with Crippen LogP contribution in [0.2, 0.25) is 0 Å². The molecule has 9 heteroatoms. The highest BCUT2D eigenvalue weighted by Crippen LogP contribution is 2.36. The molecule has 136 valence electrons. The SMILES string of the molecule is O=C(Cn1cc([N+](=O)[O-])cn1)N1CCC(C(=O)O)(c2ccccc2)CC1. The summed E-state index contributed by atoms with van der Waals surface area (Å²) in [4.78, 5) is 36.0. The molecular weight excluding hydrogens is 340 g/mol. The average molecular weight is 358 g/mol. The molecule has 1 saturated heterocycles. The molecule has 1 aromatic carbocycles. The number of carboxylic acids is 1. The highest BCUT2D eigenvalue weighted by molar-refractivity contribution is 5.82. The molecule has 0 bridgehead atoms. The van der Waals surface area contributed by atoms with Crippen LogP contribution >= 0.6 is 0 Å². The summed E-state index contributed by atoms with van der Waals surface area (Å²) in [5, 5.41) is 24.3. The maximum atomic E-state index is 12.4. The van der Waals surface area contributed by atoms with Gasteiger partial charge in [-0.1, -0.05) is 30.3 Å². The van der Waals surface area contributed by atoms with Gasteiger partial charge >= 0.3 is 11.7 Å². The van der Waals surface area contributed by atoms with Gasteiger partial charge in [0, 0.05) is 13.1 Å². The number of carboxylic acid groups (broad SMARTS) is 1. The monoisotopic (exact) mass is 358 g/mol. The fourth-order valence-electron chi connectivity index (χ4n) is 3.29. The lowest BCUT2D eigenvalue weighted by atomic mass is 9.73. The molecule has 1 fully saturated rings. The van der Waals surface area contributed by atoms with Crippen molar-refractivity contribution in [3.05, 3.63) is 58.4 Å². The van der Waals surface area contributed by atoms with E-state index in [0.29, 0.717) is 25.9 Å². The minimum atomic E-state index is -0.997. The topological polar surface area (TPSA) is 119 Å². The molecule has 1 aliphatic heterocycles. The van der Waals surface area contributed by atoms with E-state index in [2.05, 4.69) is 5.10 Å². The van der Waals surface area contributed by atoms with Crippen molar-refractivity contribution in [1.29, 1.82) is 0 Å². The number of hydrogen-bond donors (Lipinski definition) is 1. The van der Waals surface area contributed by atoms with Crippen molar-refractivity contribution >= 4 is 17.6 Å². The van der Waals surface area contributed by atoms with Gasteiger partial charge in [0.25, 0.3) is 0 Å². The summed E-state index contributed by atoms with van der Waals surface area (Å²) in [5.74, 6) is -1.13. The van der Waals surface area contributed by atoms with Gasteiger partial charge < -0.3 is 10.0 Å². The quantitative estimate of drug-likeness (QED) is 0.638. The first kappa shape index (κ1) is 17.6. The second kappa shape index (κ2) is 6.95. The van der Waals surface area contributed by atoms with E-state index >= 15 is 0 Å². The molecule has 0 atom stereocenters. The number of carbonyl (C=O) groups is 2. The van der Waals surface area contributed by atoms with Crippen molar-refractivity contribution in [2.75, 3.05) is 13.1 Å². The van der Waals surface area contributed by atoms with Crippen LogP contribution in [0.15, 0.2) is 42.7 Å². The number of carbonyl (C=O) groups excluding carboxylic acids is 1. The second-order valence-electron chi connectivity index (χ2n) is 6.29. The minimum Gasteiger partial charge on any atom is -0.481 e. The van der Waals surface area contributed by atoms with E-state index < -0.39 is 16.3 Å². The molecule has 0 aliphatic carbocycles. The zero-order valence-electron chi connectivity index (χ0n) is 13.9. The normalized spacial score (nSPS) is 16.2. The number of rotatable bonds is 5. The lowest BCUT2D eigenvalue weighted by Gasteiger charge is -2.39. The fourth-order valence-corrected chi connectivity index (χ4v) is 3.29. The Morgan fingerprint density at radius 1 is 1.23 bits per heavy atom. The van der Waals surface area contributed by atoms with Gasteiger partial charge in [-0.05, 0) is 18.4 Å². The second-order valence-corrected chi connectivity index (χ2v) is 6.29. The molecule has 0 radical (unpaired) electrons. The molecule has 9 nitrogen and oxygen atoms in total. The molecule has 26 heavy (non-hydrogen) atoms. The molecule has 1 aliphatic rings. The predicted octanol–water partition coefficient (Wildman–Crippen LogP) is 1.44.